The second-order valence-electron chi connectivity index (χ2n) is 5.75. The molecule has 1 saturated heterocycles. The van der Waals surface area contributed by atoms with Crippen LogP contribution in [0.25, 0.3) is 12.2 Å². The Hall–Kier alpha value is -2.41. The van der Waals surface area contributed by atoms with Gasteiger partial charge in [-0.15, -0.1) is 0 Å². The van der Waals surface area contributed by atoms with Crippen molar-refractivity contribution in [2.45, 2.75) is 13.1 Å². The summed E-state index contributed by atoms with van der Waals surface area (Å²) in [5, 5.41) is 0. The lowest BCUT2D eigenvalue weighted by Crippen LogP contribution is -2.36. The van der Waals surface area contributed by atoms with Crippen LogP contribution >= 0.6 is 0 Å². The van der Waals surface area contributed by atoms with Crippen LogP contribution in [0, 0.1) is 6.92 Å². The third-order valence-electron chi connectivity index (χ3n) is 3.84. The quantitative estimate of drug-likeness (QED) is 0.845. The van der Waals surface area contributed by atoms with Crippen molar-refractivity contribution >= 4 is 18.0 Å². The normalized spacial score (nSPS) is 15.8. The van der Waals surface area contributed by atoms with E-state index in [1.807, 2.05) is 6.07 Å². The van der Waals surface area contributed by atoms with E-state index in [9.17, 15) is 13.2 Å². The van der Waals surface area contributed by atoms with Crippen LogP contribution in [0.15, 0.2) is 30.3 Å². The fourth-order valence-electron chi connectivity index (χ4n) is 2.61. The highest BCUT2D eigenvalue weighted by Crippen LogP contribution is 2.29. The molecule has 0 unspecified atom stereocenters. The molecular weight excluding hydrogens is 331 g/mol. The van der Waals surface area contributed by atoms with Gasteiger partial charge in [0.1, 0.15) is 11.6 Å². The minimum Gasteiger partial charge on any atom is -0.378 e. The molecule has 0 spiro atoms. The van der Waals surface area contributed by atoms with E-state index < -0.39 is 11.7 Å². The number of halogens is 3. The fraction of sp³-hybridized carbons (Fsp3) is 0.333. The Balaban J connectivity index is 1.82. The van der Waals surface area contributed by atoms with Crippen molar-refractivity contribution in [3.05, 3.63) is 53.0 Å². The molecule has 0 radical (unpaired) electrons. The molecule has 1 aromatic carbocycles. The molecule has 0 saturated carbocycles. The molecule has 0 amide bonds. The van der Waals surface area contributed by atoms with Crippen LogP contribution in [0.4, 0.5) is 19.0 Å². The first-order valence-corrected chi connectivity index (χ1v) is 7.95. The predicted molar refractivity (Wildman–Crippen MR) is 90.2 cm³/mol. The number of ether oxygens (including phenoxy) is 1. The maximum atomic E-state index is 12.8. The van der Waals surface area contributed by atoms with Gasteiger partial charge in [-0.1, -0.05) is 18.2 Å². The molecule has 0 N–H and O–H groups in total. The molecule has 1 fully saturated rings. The molecule has 2 heterocycles. The minimum absolute atomic E-state index is 0.471. The van der Waals surface area contributed by atoms with Crippen molar-refractivity contribution in [1.29, 1.82) is 0 Å². The first kappa shape index (κ1) is 17.4. The van der Waals surface area contributed by atoms with Gasteiger partial charge < -0.3 is 9.64 Å². The summed E-state index contributed by atoms with van der Waals surface area (Å²) in [6.45, 7) is 4.61. The van der Waals surface area contributed by atoms with E-state index in [2.05, 4.69) is 14.9 Å². The van der Waals surface area contributed by atoms with Gasteiger partial charge in [-0.05, 0) is 30.7 Å². The van der Waals surface area contributed by atoms with E-state index in [4.69, 9.17) is 4.74 Å². The summed E-state index contributed by atoms with van der Waals surface area (Å²) >= 11 is 0. The number of aromatic nitrogens is 2. The summed E-state index contributed by atoms with van der Waals surface area (Å²) in [4.78, 5) is 10.9. The monoisotopic (exact) mass is 349 g/mol. The Labute approximate surface area is 144 Å². The lowest BCUT2D eigenvalue weighted by molar-refractivity contribution is -0.137. The van der Waals surface area contributed by atoms with Crippen molar-refractivity contribution in [1.82, 2.24) is 9.97 Å². The molecule has 4 nitrogen and oxygen atoms in total. The zero-order valence-corrected chi connectivity index (χ0v) is 13.8. The number of morpholine rings is 1. The van der Waals surface area contributed by atoms with Gasteiger partial charge in [0.2, 0.25) is 0 Å². The molecule has 1 aromatic heterocycles. The summed E-state index contributed by atoms with van der Waals surface area (Å²) in [6, 6.07) is 7.04. The number of aryl methyl sites for hydroxylation is 1. The second-order valence-corrected chi connectivity index (χ2v) is 5.75. The van der Waals surface area contributed by atoms with E-state index in [0.717, 1.165) is 31.0 Å². The van der Waals surface area contributed by atoms with Crippen LogP contribution in [0.2, 0.25) is 0 Å². The van der Waals surface area contributed by atoms with Crippen molar-refractivity contribution in [3.8, 4) is 0 Å². The van der Waals surface area contributed by atoms with E-state index in [1.54, 1.807) is 25.1 Å². The topological polar surface area (TPSA) is 38.2 Å². The smallest absolute Gasteiger partial charge is 0.378 e. The molecule has 132 valence electrons. The van der Waals surface area contributed by atoms with Crippen LogP contribution in [-0.2, 0) is 10.9 Å². The Morgan fingerprint density at radius 2 is 1.84 bits per heavy atom. The maximum absolute atomic E-state index is 12.8. The number of anilines is 1. The molecule has 25 heavy (non-hydrogen) atoms. The second kappa shape index (κ2) is 7.23. The molecule has 3 rings (SSSR count). The first-order chi connectivity index (χ1) is 11.9. The average molecular weight is 349 g/mol. The van der Waals surface area contributed by atoms with Crippen LogP contribution in [-0.4, -0.2) is 36.3 Å². The number of rotatable bonds is 3. The Morgan fingerprint density at radius 1 is 1.08 bits per heavy atom. The number of hydrogen-bond acceptors (Lipinski definition) is 4. The molecule has 1 aliphatic heterocycles. The molecule has 0 bridgehead atoms. The SMILES string of the molecule is Cc1nc(/C=C/c2cccc(C(F)(F)F)c2)cc(N2CCOCC2)n1. The Kier molecular flexibility index (Phi) is 5.03. The number of alkyl halides is 3. The Bertz CT molecular complexity index is 768. The van der Waals surface area contributed by atoms with Gasteiger partial charge in [0.05, 0.1) is 24.5 Å². The largest absolute Gasteiger partial charge is 0.416 e. The van der Waals surface area contributed by atoms with Crippen LogP contribution in [0.3, 0.4) is 0 Å². The molecule has 0 atom stereocenters. The lowest BCUT2D eigenvalue weighted by atomic mass is 10.1. The van der Waals surface area contributed by atoms with Gasteiger partial charge in [-0.2, -0.15) is 13.2 Å². The highest BCUT2D eigenvalue weighted by Gasteiger charge is 2.30. The standard InChI is InChI=1S/C18H18F3N3O/c1-13-22-16(12-17(23-13)24-7-9-25-10-8-24)6-5-14-3-2-4-15(11-14)18(19,20)21/h2-6,11-12H,7-10H2,1H3/b6-5+. The van der Waals surface area contributed by atoms with Crippen LogP contribution < -0.4 is 4.90 Å². The zero-order valence-electron chi connectivity index (χ0n) is 13.8. The molecule has 1 aliphatic rings. The lowest BCUT2D eigenvalue weighted by Gasteiger charge is -2.28. The van der Waals surface area contributed by atoms with Crippen LogP contribution in [0.1, 0.15) is 22.6 Å². The molecule has 7 heteroatoms. The van der Waals surface area contributed by atoms with E-state index in [0.29, 0.717) is 30.3 Å². The van der Waals surface area contributed by atoms with Gasteiger partial charge >= 0.3 is 6.18 Å². The zero-order chi connectivity index (χ0) is 17.9. The number of hydrogen-bond donors (Lipinski definition) is 0. The first-order valence-electron chi connectivity index (χ1n) is 7.95. The van der Waals surface area contributed by atoms with Crippen molar-refractivity contribution in [2.24, 2.45) is 0 Å². The molecular formula is C18H18F3N3O. The van der Waals surface area contributed by atoms with E-state index >= 15 is 0 Å². The highest BCUT2D eigenvalue weighted by molar-refractivity contribution is 5.69. The van der Waals surface area contributed by atoms with E-state index in [1.165, 1.54) is 6.07 Å². The third kappa shape index (κ3) is 4.57. The van der Waals surface area contributed by atoms with Crippen molar-refractivity contribution in [3.63, 3.8) is 0 Å². The third-order valence-corrected chi connectivity index (χ3v) is 3.84. The van der Waals surface area contributed by atoms with Crippen molar-refractivity contribution in [2.75, 3.05) is 31.2 Å². The predicted octanol–water partition coefficient (Wildman–Crippen LogP) is 3.81. The van der Waals surface area contributed by atoms with Crippen LogP contribution in [0.5, 0.6) is 0 Å². The van der Waals surface area contributed by atoms with Gasteiger partial charge in [-0.25, -0.2) is 9.97 Å². The summed E-state index contributed by atoms with van der Waals surface area (Å²) in [7, 11) is 0. The van der Waals surface area contributed by atoms with Gasteiger partial charge in [0.25, 0.3) is 0 Å². The van der Waals surface area contributed by atoms with Gasteiger partial charge in [0, 0.05) is 19.2 Å². The minimum atomic E-state index is -4.35. The summed E-state index contributed by atoms with van der Waals surface area (Å²) in [5.41, 5.74) is 0.466. The Morgan fingerprint density at radius 3 is 2.56 bits per heavy atom. The summed E-state index contributed by atoms with van der Waals surface area (Å²) in [5.74, 6) is 1.42. The number of nitrogens with zero attached hydrogens (tertiary/aromatic N) is 3. The highest BCUT2D eigenvalue weighted by atomic mass is 19.4. The summed E-state index contributed by atoms with van der Waals surface area (Å²) in [6.07, 6.45) is -1.02. The average Bonchev–Trinajstić information content (AvgIpc) is 2.60. The van der Waals surface area contributed by atoms with Gasteiger partial charge in [0.15, 0.2) is 0 Å². The van der Waals surface area contributed by atoms with Crippen molar-refractivity contribution < 1.29 is 17.9 Å². The molecule has 0 aliphatic carbocycles. The number of benzene rings is 1. The fourth-order valence-corrected chi connectivity index (χ4v) is 2.61. The van der Waals surface area contributed by atoms with E-state index in [-0.39, 0.29) is 0 Å². The summed E-state index contributed by atoms with van der Waals surface area (Å²) < 4.78 is 43.7. The molecule has 2 aromatic rings. The van der Waals surface area contributed by atoms with Gasteiger partial charge in [-0.3, -0.25) is 0 Å². The maximum Gasteiger partial charge on any atom is 0.416 e.